The summed E-state index contributed by atoms with van der Waals surface area (Å²) in [6.45, 7) is 0. The number of ether oxygens (including phenoxy) is 1. The molecule has 2 rings (SSSR count). The molecule has 0 fully saturated rings. The quantitative estimate of drug-likeness (QED) is 0.865. The van der Waals surface area contributed by atoms with Gasteiger partial charge in [0.25, 0.3) is 5.91 Å². The molecule has 0 spiro atoms. The van der Waals surface area contributed by atoms with E-state index in [-0.39, 0.29) is 11.1 Å². The van der Waals surface area contributed by atoms with Crippen molar-refractivity contribution in [1.29, 1.82) is 0 Å². The first-order valence-corrected chi connectivity index (χ1v) is 5.65. The number of carbonyl (C=O) groups excluding carboxylic acids is 1. The van der Waals surface area contributed by atoms with Crippen molar-refractivity contribution in [2.75, 3.05) is 12.4 Å². The van der Waals surface area contributed by atoms with Crippen LogP contribution in [0, 0.1) is 0 Å². The summed E-state index contributed by atoms with van der Waals surface area (Å²) in [5, 5.41) is 2.94. The number of aromatic nitrogens is 1. The van der Waals surface area contributed by atoms with Gasteiger partial charge in [-0.3, -0.25) is 4.79 Å². The summed E-state index contributed by atoms with van der Waals surface area (Å²) in [7, 11) is 1.52. The number of methoxy groups -OCH3 is 1. The van der Waals surface area contributed by atoms with E-state index in [0.717, 1.165) is 0 Å². The summed E-state index contributed by atoms with van der Waals surface area (Å²) >= 11 is 5.87. The van der Waals surface area contributed by atoms with Crippen molar-refractivity contribution in [2.24, 2.45) is 0 Å². The lowest BCUT2D eigenvalue weighted by Gasteiger charge is -2.09. The minimum Gasteiger partial charge on any atom is -0.496 e. The van der Waals surface area contributed by atoms with Crippen LogP contribution >= 0.6 is 11.6 Å². The van der Waals surface area contributed by atoms with E-state index < -0.39 is 0 Å². The van der Waals surface area contributed by atoms with Gasteiger partial charge in [0.1, 0.15) is 5.75 Å². The highest BCUT2D eigenvalue weighted by molar-refractivity contribution is 6.32. The molecule has 5 heteroatoms. The molecule has 0 saturated carbocycles. The van der Waals surface area contributed by atoms with Crippen LogP contribution in [0.1, 0.15) is 10.4 Å². The van der Waals surface area contributed by atoms with Crippen molar-refractivity contribution in [3.63, 3.8) is 0 Å². The second-order valence-corrected chi connectivity index (χ2v) is 3.85. The minimum absolute atomic E-state index is 0.251. The lowest BCUT2D eigenvalue weighted by Crippen LogP contribution is -2.13. The van der Waals surface area contributed by atoms with Crippen LogP contribution in [0.15, 0.2) is 42.6 Å². The first kappa shape index (κ1) is 12.4. The second-order valence-electron chi connectivity index (χ2n) is 3.50. The van der Waals surface area contributed by atoms with Gasteiger partial charge in [-0.1, -0.05) is 23.7 Å². The molecular weight excluding hydrogens is 252 g/mol. The van der Waals surface area contributed by atoms with Gasteiger partial charge < -0.3 is 10.1 Å². The number of carbonyl (C=O) groups is 1. The molecule has 0 unspecified atom stereocenters. The van der Waals surface area contributed by atoms with E-state index in [2.05, 4.69) is 10.3 Å². The van der Waals surface area contributed by atoms with Gasteiger partial charge in [0.2, 0.25) is 0 Å². The van der Waals surface area contributed by atoms with Crippen molar-refractivity contribution in [3.8, 4) is 5.75 Å². The van der Waals surface area contributed by atoms with Gasteiger partial charge in [0.15, 0.2) is 5.15 Å². The number of pyridine rings is 1. The molecular formula is C13H11ClN2O2. The van der Waals surface area contributed by atoms with Crippen LogP contribution in [0.3, 0.4) is 0 Å². The minimum atomic E-state index is -0.289. The van der Waals surface area contributed by atoms with E-state index in [4.69, 9.17) is 16.3 Å². The van der Waals surface area contributed by atoms with Crippen LogP contribution in [0.25, 0.3) is 0 Å². The van der Waals surface area contributed by atoms with Gasteiger partial charge in [-0.25, -0.2) is 4.98 Å². The standard InChI is InChI=1S/C13H11ClN2O2/c1-18-11-7-3-2-5-9(11)13(17)16-10-6-4-8-15-12(10)14/h2-8H,1H3,(H,16,17). The van der Waals surface area contributed by atoms with E-state index in [1.165, 1.54) is 7.11 Å². The van der Waals surface area contributed by atoms with Gasteiger partial charge in [-0.05, 0) is 24.3 Å². The molecule has 92 valence electrons. The fraction of sp³-hybridized carbons (Fsp3) is 0.0769. The van der Waals surface area contributed by atoms with Crippen molar-refractivity contribution in [1.82, 2.24) is 4.98 Å². The molecule has 0 bridgehead atoms. The summed E-state index contributed by atoms with van der Waals surface area (Å²) < 4.78 is 5.12. The molecule has 0 aliphatic rings. The lowest BCUT2D eigenvalue weighted by atomic mass is 10.2. The molecule has 0 aliphatic carbocycles. The van der Waals surface area contributed by atoms with Crippen LogP contribution in [-0.2, 0) is 0 Å². The van der Waals surface area contributed by atoms with E-state index >= 15 is 0 Å². The zero-order valence-corrected chi connectivity index (χ0v) is 10.4. The smallest absolute Gasteiger partial charge is 0.259 e. The Hall–Kier alpha value is -2.07. The van der Waals surface area contributed by atoms with Crippen LogP contribution in [0.5, 0.6) is 5.75 Å². The molecule has 1 aromatic heterocycles. The Bertz CT molecular complexity index is 572. The molecule has 0 atom stereocenters. The Morgan fingerprint density at radius 1 is 1.28 bits per heavy atom. The zero-order chi connectivity index (χ0) is 13.0. The van der Waals surface area contributed by atoms with E-state index in [9.17, 15) is 4.79 Å². The van der Waals surface area contributed by atoms with Gasteiger partial charge in [-0.2, -0.15) is 0 Å². The Labute approximate surface area is 110 Å². The number of hydrogen-bond donors (Lipinski definition) is 1. The number of nitrogens with zero attached hydrogens (tertiary/aromatic N) is 1. The molecule has 0 saturated heterocycles. The van der Waals surface area contributed by atoms with Crippen molar-refractivity contribution in [3.05, 3.63) is 53.3 Å². The second kappa shape index (κ2) is 5.51. The summed E-state index contributed by atoms with van der Waals surface area (Å²) in [5.41, 5.74) is 0.912. The molecule has 0 radical (unpaired) electrons. The fourth-order valence-corrected chi connectivity index (χ4v) is 1.67. The molecule has 0 aliphatic heterocycles. The SMILES string of the molecule is COc1ccccc1C(=O)Nc1cccnc1Cl. The fourth-order valence-electron chi connectivity index (χ4n) is 1.50. The summed E-state index contributed by atoms with van der Waals surface area (Å²) in [5.74, 6) is 0.220. The number of benzene rings is 1. The average molecular weight is 263 g/mol. The molecule has 4 nitrogen and oxygen atoms in total. The van der Waals surface area contributed by atoms with E-state index in [1.54, 1.807) is 42.6 Å². The molecule has 18 heavy (non-hydrogen) atoms. The largest absolute Gasteiger partial charge is 0.496 e. The van der Waals surface area contributed by atoms with Gasteiger partial charge in [-0.15, -0.1) is 0 Å². The van der Waals surface area contributed by atoms with Crippen molar-refractivity contribution < 1.29 is 9.53 Å². The number of hydrogen-bond acceptors (Lipinski definition) is 3. The summed E-state index contributed by atoms with van der Waals surface area (Å²) in [6.07, 6.45) is 1.56. The van der Waals surface area contributed by atoms with Gasteiger partial charge >= 0.3 is 0 Å². The first-order valence-electron chi connectivity index (χ1n) is 5.27. The van der Waals surface area contributed by atoms with Crippen molar-refractivity contribution in [2.45, 2.75) is 0 Å². The Morgan fingerprint density at radius 2 is 2.06 bits per heavy atom. The third-order valence-corrected chi connectivity index (χ3v) is 2.66. The first-order chi connectivity index (χ1) is 8.72. The normalized spacial score (nSPS) is 9.89. The zero-order valence-electron chi connectivity index (χ0n) is 9.68. The molecule has 1 amide bonds. The molecule has 2 aromatic rings. The average Bonchev–Trinajstić information content (AvgIpc) is 2.41. The monoisotopic (exact) mass is 262 g/mol. The third kappa shape index (κ3) is 2.60. The number of anilines is 1. The van der Waals surface area contributed by atoms with Crippen LogP contribution in [0.4, 0.5) is 5.69 Å². The molecule has 1 aromatic carbocycles. The van der Waals surface area contributed by atoms with Crippen LogP contribution in [0.2, 0.25) is 5.15 Å². The topological polar surface area (TPSA) is 51.2 Å². The maximum atomic E-state index is 12.1. The van der Waals surface area contributed by atoms with Gasteiger partial charge in [0, 0.05) is 6.20 Å². The molecule has 1 heterocycles. The Morgan fingerprint density at radius 3 is 2.78 bits per heavy atom. The highest BCUT2D eigenvalue weighted by Crippen LogP contribution is 2.22. The Balaban J connectivity index is 2.25. The molecule has 1 N–H and O–H groups in total. The highest BCUT2D eigenvalue weighted by atomic mass is 35.5. The summed E-state index contributed by atoms with van der Waals surface area (Å²) in [4.78, 5) is 16.0. The Kier molecular flexibility index (Phi) is 3.79. The maximum Gasteiger partial charge on any atom is 0.259 e. The van der Waals surface area contributed by atoms with Crippen LogP contribution in [-0.4, -0.2) is 18.0 Å². The summed E-state index contributed by atoms with van der Waals surface area (Å²) in [6, 6.07) is 10.3. The number of amides is 1. The predicted octanol–water partition coefficient (Wildman–Crippen LogP) is 3.00. The predicted molar refractivity (Wildman–Crippen MR) is 70.2 cm³/mol. The number of nitrogens with one attached hydrogen (secondary N) is 1. The number of rotatable bonds is 3. The number of para-hydroxylation sites is 1. The highest BCUT2D eigenvalue weighted by Gasteiger charge is 2.12. The van der Waals surface area contributed by atoms with E-state index in [0.29, 0.717) is 17.0 Å². The van der Waals surface area contributed by atoms with Crippen molar-refractivity contribution >= 4 is 23.2 Å². The maximum absolute atomic E-state index is 12.1. The van der Waals surface area contributed by atoms with E-state index in [1.807, 2.05) is 0 Å². The third-order valence-electron chi connectivity index (χ3n) is 2.36. The van der Waals surface area contributed by atoms with Gasteiger partial charge in [0.05, 0.1) is 18.4 Å². The lowest BCUT2D eigenvalue weighted by molar-refractivity contribution is 0.102. The van der Waals surface area contributed by atoms with Crippen LogP contribution < -0.4 is 10.1 Å². The number of halogens is 1.